The van der Waals surface area contributed by atoms with Gasteiger partial charge in [0.15, 0.2) is 0 Å². The largest absolute Gasteiger partial charge is 0.444 e. The predicted octanol–water partition coefficient (Wildman–Crippen LogP) is 3.19. The molecule has 1 heterocycles. The van der Waals surface area contributed by atoms with Crippen LogP contribution in [0, 0.1) is 5.92 Å². The Balaban J connectivity index is 2.35. The number of carbonyl (C=O) groups is 1. The first-order valence-electron chi connectivity index (χ1n) is 7.60. The smallest absolute Gasteiger partial charge is 0.410 e. The van der Waals surface area contributed by atoms with Crippen molar-refractivity contribution in [3.8, 4) is 0 Å². The fourth-order valence-corrected chi connectivity index (χ4v) is 2.29. The van der Waals surface area contributed by atoms with E-state index in [0.29, 0.717) is 5.92 Å². The van der Waals surface area contributed by atoms with Crippen LogP contribution >= 0.6 is 0 Å². The quantitative estimate of drug-likeness (QED) is 0.636. The van der Waals surface area contributed by atoms with Crippen molar-refractivity contribution >= 4 is 6.09 Å². The highest BCUT2D eigenvalue weighted by molar-refractivity contribution is 5.68. The van der Waals surface area contributed by atoms with Crippen LogP contribution < -0.4 is 5.32 Å². The number of likely N-dealkylation sites (tertiary alicyclic amines) is 1. The lowest BCUT2D eigenvalue weighted by atomic mass is 9.98. The summed E-state index contributed by atoms with van der Waals surface area (Å²) in [4.78, 5) is 13.9. The SMILES string of the molecule is CC(C)=CCNCC1CCCN(C(=O)OC(C)(C)C)C1. The fourth-order valence-electron chi connectivity index (χ4n) is 2.29. The van der Waals surface area contributed by atoms with Gasteiger partial charge in [-0.15, -0.1) is 0 Å². The summed E-state index contributed by atoms with van der Waals surface area (Å²) in [5.41, 5.74) is 0.919. The Labute approximate surface area is 123 Å². The van der Waals surface area contributed by atoms with Crippen LogP contribution in [-0.4, -0.2) is 42.8 Å². The number of nitrogens with one attached hydrogen (secondary N) is 1. The van der Waals surface area contributed by atoms with Crippen molar-refractivity contribution in [3.05, 3.63) is 11.6 Å². The van der Waals surface area contributed by atoms with Gasteiger partial charge in [-0.3, -0.25) is 0 Å². The predicted molar refractivity (Wildman–Crippen MR) is 82.8 cm³/mol. The topological polar surface area (TPSA) is 41.6 Å². The van der Waals surface area contributed by atoms with E-state index in [-0.39, 0.29) is 6.09 Å². The zero-order chi connectivity index (χ0) is 15.2. The van der Waals surface area contributed by atoms with Crippen LogP contribution in [0.5, 0.6) is 0 Å². The molecular formula is C16H30N2O2. The Kier molecular flexibility index (Phi) is 6.53. The average molecular weight is 282 g/mol. The number of carbonyl (C=O) groups excluding carboxylic acids is 1. The molecule has 1 amide bonds. The van der Waals surface area contributed by atoms with Crippen molar-refractivity contribution in [2.45, 2.75) is 53.1 Å². The molecule has 0 aromatic rings. The normalized spacial score (nSPS) is 19.6. The molecule has 0 radical (unpaired) electrons. The maximum absolute atomic E-state index is 12.1. The summed E-state index contributed by atoms with van der Waals surface area (Å²) in [6.07, 6.45) is 4.26. The summed E-state index contributed by atoms with van der Waals surface area (Å²) < 4.78 is 5.44. The Bertz CT molecular complexity index is 341. The third kappa shape index (κ3) is 6.94. The van der Waals surface area contributed by atoms with Crippen LogP contribution in [0.4, 0.5) is 4.79 Å². The lowest BCUT2D eigenvalue weighted by Gasteiger charge is -2.34. The minimum absolute atomic E-state index is 0.175. The molecule has 0 aromatic carbocycles. The molecule has 1 rings (SSSR count). The van der Waals surface area contributed by atoms with E-state index >= 15 is 0 Å². The molecule has 20 heavy (non-hydrogen) atoms. The van der Waals surface area contributed by atoms with E-state index in [0.717, 1.165) is 32.6 Å². The highest BCUT2D eigenvalue weighted by atomic mass is 16.6. The molecule has 1 atom stereocenters. The summed E-state index contributed by atoms with van der Waals surface area (Å²) in [7, 11) is 0. The van der Waals surface area contributed by atoms with Gasteiger partial charge < -0.3 is 15.0 Å². The highest BCUT2D eigenvalue weighted by Crippen LogP contribution is 2.18. The Morgan fingerprint density at radius 1 is 1.40 bits per heavy atom. The molecular weight excluding hydrogens is 252 g/mol. The van der Waals surface area contributed by atoms with Gasteiger partial charge in [-0.2, -0.15) is 0 Å². The van der Waals surface area contributed by atoms with Gasteiger partial charge in [0.2, 0.25) is 0 Å². The van der Waals surface area contributed by atoms with Gasteiger partial charge in [0.1, 0.15) is 5.60 Å². The van der Waals surface area contributed by atoms with Crippen molar-refractivity contribution in [1.82, 2.24) is 10.2 Å². The number of rotatable bonds is 4. The van der Waals surface area contributed by atoms with Gasteiger partial charge in [0.05, 0.1) is 0 Å². The molecule has 4 nitrogen and oxygen atoms in total. The second-order valence-electron chi connectivity index (χ2n) is 6.87. The number of ether oxygens (including phenoxy) is 1. The van der Waals surface area contributed by atoms with E-state index < -0.39 is 5.60 Å². The number of piperidine rings is 1. The first-order valence-corrected chi connectivity index (χ1v) is 7.60. The maximum atomic E-state index is 12.1. The molecule has 0 saturated carbocycles. The molecule has 1 fully saturated rings. The standard InChI is InChI=1S/C16H30N2O2/c1-13(2)8-9-17-11-14-7-6-10-18(12-14)15(19)20-16(3,4)5/h8,14,17H,6-7,9-12H2,1-5H3. The van der Waals surface area contributed by atoms with Crippen LogP contribution in [0.1, 0.15) is 47.5 Å². The molecule has 1 saturated heterocycles. The van der Waals surface area contributed by atoms with E-state index in [2.05, 4.69) is 25.2 Å². The van der Waals surface area contributed by atoms with Crippen LogP contribution in [0.2, 0.25) is 0 Å². The average Bonchev–Trinajstić information content (AvgIpc) is 2.33. The fraction of sp³-hybridized carbons (Fsp3) is 0.812. The molecule has 1 aliphatic heterocycles. The van der Waals surface area contributed by atoms with Gasteiger partial charge >= 0.3 is 6.09 Å². The summed E-state index contributed by atoms with van der Waals surface area (Å²) in [5.74, 6) is 0.529. The van der Waals surface area contributed by atoms with Crippen LogP contribution in [0.25, 0.3) is 0 Å². The van der Waals surface area contributed by atoms with Crippen LogP contribution in [0.15, 0.2) is 11.6 Å². The number of allylic oxidation sites excluding steroid dienone is 1. The molecule has 1 unspecified atom stereocenters. The zero-order valence-corrected chi connectivity index (χ0v) is 13.7. The number of nitrogens with zero attached hydrogens (tertiary/aromatic N) is 1. The van der Waals surface area contributed by atoms with Gasteiger partial charge in [-0.25, -0.2) is 4.79 Å². The first-order chi connectivity index (χ1) is 9.28. The van der Waals surface area contributed by atoms with Gasteiger partial charge in [0.25, 0.3) is 0 Å². The highest BCUT2D eigenvalue weighted by Gasteiger charge is 2.27. The van der Waals surface area contributed by atoms with Crippen molar-refractivity contribution in [2.75, 3.05) is 26.2 Å². The molecule has 4 heteroatoms. The van der Waals surface area contributed by atoms with Gasteiger partial charge in [-0.1, -0.05) is 11.6 Å². The molecule has 116 valence electrons. The molecule has 0 aliphatic carbocycles. The lowest BCUT2D eigenvalue weighted by molar-refractivity contribution is 0.0167. The summed E-state index contributed by atoms with van der Waals surface area (Å²) in [6, 6.07) is 0. The maximum Gasteiger partial charge on any atom is 0.410 e. The van der Waals surface area contributed by atoms with Gasteiger partial charge in [-0.05, 0) is 59.9 Å². The second kappa shape index (κ2) is 7.67. The van der Waals surface area contributed by atoms with Crippen LogP contribution in [0.3, 0.4) is 0 Å². The zero-order valence-electron chi connectivity index (χ0n) is 13.7. The number of hydrogen-bond acceptors (Lipinski definition) is 3. The molecule has 0 aromatic heterocycles. The number of hydrogen-bond donors (Lipinski definition) is 1. The Morgan fingerprint density at radius 2 is 2.10 bits per heavy atom. The Morgan fingerprint density at radius 3 is 2.70 bits per heavy atom. The minimum atomic E-state index is -0.411. The van der Waals surface area contributed by atoms with E-state index in [4.69, 9.17) is 4.74 Å². The van der Waals surface area contributed by atoms with Crippen LogP contribution in [-0.2, 0) is 4.74 Å². The van der Waals surface area contributed by atoms with Crippen molar-refractivity contribution in [3.63, 3.8) is 0 Å². The molecule has 1 aliphatic rings. The van der Waals surface area contributed by atoms with Crippen molar-refractivity contribution in [1.29, 1.82) is 0 Å². The number of amides is 1. The van der Waals surface area contributed by atoms with Crippen molar-refractivity contribution < 1.29 is 9.53 Å². The van der Waals surface area contributed by atoms with Gasteiger partial charge in [0, 0.05) is 19.6 Å². The summed E-state index contributed by atoms with van der Waals surface area (Å²) >= 11 is 0. The lowest BCUT2D eigenvalue weighted by Crippen LogP contribution is -2.45. The molecule has 1 N–H and O–H groups in total. The monoisotopic (exact) mass is 282 g/mol. The van der Waals surface area contributed by atoms with E-state index in [1.807, 2.05) is 25.7 Å². The summed E-state index contributed by atoms with van der Waals surface area (Å²) in [5, 5.41) is 3.44. The second-order valence-corrected chi connectivity index (χ2v) is 6.87. The minimum Gasteiger partial charge on any atom is -0.444 e. The third-order valence-electron chi connectivity index (χ3n) is 3.26. The third-order valence-corrected chi connectivity index (χ3v) is 3.26. The van der Waals surface area contributed by atoms with E-state index in [1.54, 1.807) is 0 Å². The van der Waals surface area contributed by atoms with E-state index in [1.165, 1.54) is 12.0 Å². The molecule has 0 bridgehead atoms. The molecule has 0 spiro atoms. The van der Waals surface area contributed by atoms with E-state index in [9.17, 15) is 4.79 Å². The summed E-state index contributed by atoms with van der Waals surface area (Å²) in [6.45, 7) is 13.4. The first kappa shape index (κ1) is 17.0. The van der Waals surface area contributed by atoms with Crippen molar-refractivity contribution in [2.24, 2.45) is 5.92 Å². The Hall–Kier alpha value is -1.03.